The van der Waals surface area contributed by atoms with E-state index in [1.165, 1.54) is 19.3 Å². The van der Waals surface area contributed by atoms with Crippen molar-refractivity contribution < 1.29 is 4.79 Å². The number of carbonyl (C=O) groups excluding carboxylic acids is 1. The van der Waals surface area contributed by atoms with Gasteiger partial charge in [0.2, 0.25) is 5.91 Å². The van der Waals surface area contributed by atoms with E-state index in [1.807, 2.05) is 11.8 Å². The highest BCUT2D eigenvalue weighted by Crippen LogP contribution is 2.47. The van der Waals surface area contributed by atoms with Crippen molar-refractivity contribution in [2.24, 2.45) is 0 Å². The summed E-state index contributed by atoms with van der Waals surface area (Å²) in [5, 5.41) is 3.47. The van der Waals surface area contributed by atoms with Gasteiger partial charge in [-0.2, -0.15) is 11.8 Å². The molecular weight excluding hydrogens is 220 g/mol. The Morgan fingerprint density at radius 3 is 2.50 bits per heavy atom. The average Bonchev–Trinajstić information content (AvgIpc) is 2.93. The van der Waals surface area contributed by atoms with Gasteiger partial charge in [0.15, 0.2) is 0 Å². The lowest BCUT2D eigenvalue weighted by Gasteiger charge is -2.43. The molecule has 1 amide bonds. The van der Waals surface area contributed by atoms with E-state index in [0.29, 0.717) is 10.7 Å². The van der Waals surface area contributed by atoms with Crippen molar-refractivity contribution in [1.82, 2.24) is 10.2 Å². The Bertz CT molecular complexity index is 317. The molecule has 3 aliphatic rings. The fourth-order valence-electron chi connectivity index (χ4n) is 2.99. The van der Waals surface area contributed by atoms with Crippen molar-refractivity contribution in [3.05, 3.63) is 0 Å². The van der Waals surface area contributed by atoms with Crippen LogP contribution >= 0.6 is 11.8 Å². The molecule has 16 heavy (non-hydrogen) atoms. The van der Waals surface area contributed by atoms with E-state index < -0.39 is 0 Å². The van der Waals surface area contributed by atoms with E-state index >= 15 is 0 Å². The first-order valence-corrected chi connectivity index (χ1v) is 7.47. The molecule has 0 aromatic heterocycles. The van der Waals surface area contributed by atoms with E-state index in [4.69, 9.17) is 0 Å². The lowest BCUT2D eigenvalue weighted by atomic mass is 9.83. The third kappa shape index (κ3) is 1.42. The van der Waals surface area contributed by atoms with Crippen molar-refractivity contribution in [3.8, 4) is 0 Å². The second kappa shape index (κ2) is 3.39. The van der Waals surface area contributed by atoms with E-state index in [9.17, 15) is 4.79 Å². The molecular formula is C12H20N2OS. The maximum absolute atomic E-state index is 12.3. The fourth-order valence-corrected chi connectivity index (χ4v) is 3.96. The summed E-state index contributed by atoms with van der Waals surface area (Å²) in [6.07, 6.45) is 8.38. The maximum Gasteiger partial charge on any atom is 0.244 e. The summed E-state index contributed by atoms with van der Waals surface area (Å²) in [4.78, 5) is 14.4. The van der Waals surface area contributed by atoms with Crippen molar-refractivity contribution in [1.29, 1.82) is 0 Å². The zero-order chi connectivity index (χ0) is 11.4. The third-order valence-corrected chi connectivity index (χ3v) is 5.93. The normalized spacial score (nSPS) is 34.2. The molecule has 1 spiro atoms. The number of amides is 1. The van der Waals surface area contributed by atoms with Crippen LogP contribution in [0.3, 0.4) is 0 Å². The number of hydrogen-bond donors (Lipinski definition) is 1. The minimum Gasteiger partial charge on any atom is -0.324 e. The largest absolute Gasteiger partial charge is 0.324 e. The van der Waals surface area contributed by atoms with Crippen LogP contribution < -0.4 is 5.32 Å². The Morgan fingerprint density at radius 1 is 1.44 bits per heavy atom. The number of nitrogens with one attached hydrogen (secondary N) is 1. The summed E-state index contributed by atoms with van der Waals surface area (Å²) in [6.45, 7) is 3.07. The van der Waals surface area contributed by atoms with Gasteiger partial charge in [-0.05, 0) is 38.9 Å². The SMILES string of the molecule is CSC1(CN2C(=O)C3(CC3)NC2C)CCC1. The molecule has 0 aromatic carbocycles. The molecule has 3 nitrogen and oxygen atoms in total. The molecule has 0 bridgehead atoms. The van der Waals surface area contributed by atoms with Gasteiger partial charge in [-0.1, -0.05) is 6.42 Å². The molecule has 2 saturated carbocycles. The van der Waals surface area contributed by atoms with E-state index in [2.05, 4.69) is 23.4 Å². The quantitative estimate of drug-likeness (QED) is 0.813. The lowest BCUT2D eigenvalue weighted by Crippen LogP contribution is -2.49. The van der Waals surface area contributed by atoms with Gasteiger partial charge in [-0.25, -0.2) is 0 Å². The van der Waals surface area contributed by atoms with Crippen molar-refractivity contribution in [3.63, 3.8) is 0 Å². The topological polar surface area (TPSA) is 32.3 Å². The Hall–Kier alpha value is -0.220. The molecule has 1 unspecified atom stereocenters. The molecule has 2 aliphatic carbocycles. The summed E-state index contributed by atoms with van der Waals surface area (Å²) in [5.41, 5.74) is -0.136. The summed E-state index contributed by atoms with van der Waals surface area (Å²) in [7, 11) is 0. The van der Waals surface area contributed by atoms with Crippen LogP contribution in [-0.2, 0) is 4.79 Å². The second-order valence-corrected chi connectivity index (χ2v) is 6.85. The molecule has 1 heterocycles. The van der Waals surface area contributed by atoms with Crippen LogP contribution in [0.1, 0.15) is 39.0 Å². The van der Waals surface area contributed by atoms with Crippen LogP contribution in [0.25, 0.3) is 0 Å². The van der Waals surface area contributed by atoms with Gasteiger partial charge < -0.3 is 4.90 Å². The Kier molecular flexibility index (Phi) is 2.31. The fraction of sp³-hybridized carbons (Fsp3) is 0.917. The molecule has 1 saturated heterocycles. The third-order valence-electron chi connectivity index (χ3n) is 4.53. The number of carbonyl (C=O) groups is 1. The van der Waals surface area contributed by atoms with Gasteiger partial charge in [0.25, 0.3) is 0 Å². The van der Waals surface area contributed by atoms with Gasteiger partial charge in [0.1, 0.15) is 0 Å². The van der Waals surface area contributed by atoms with Crippen LogP contribution in [0.5, 0.6) is 0 Å². The number of rotatable bonds is 3. The predicted octanol–water partition coefficient (Wildman–Crippen LogP) is 1.58. The summed E-state index contributed by atoms with van der Waals surface area (Å²) < 4.78 is 0.367. The highest BCUT2D eigenvalue weighted by molar-refractivity contribution is 8.00. The number of thioether (sulfide) groups is 1. The molecule has 4 heteroatoms. The second-order valence-electron chi connectivity index (χ2n) is 5.58. The summed E-state index contributed by atoms with van der Waals surface area (Å²) in [6, 6.07) is 0. The smallest absolute Gasteiger partial charge is 0.244 e. The van der Waals surface area contributed by atoms with E-state index in [0.717, 1.165) is 19.4 Å². The van der Waals surface area contributed by atoms with Crippen molar-refractivity contribution in [2.75, 3.05) is 12.8 Å². The first-order chi connectivity index (χ1) is 7.61. The number of hydrogen-bond acceptors (Lipinski definition) is 3. The summed E-state index contributed by atoms with van der Waals surface area (Å²) in [5.74, 6) is 0.361. The van der Waals surface area contributed by atoms with Gasteiger partial charge in [0.05, 0.1) is 11.7 Å². The van der Waals surface area contributed by atoms with Crippen molar-refractivity contribution in [2.45, 2.75) is 55.5 Å². The minimum atomic E-state index is -0.136. The molecule has 90 valence electrons. The van der Waals surface area contributed by atoms with Crippen LogP contribution in [0, 0.1) is 0 Å². The molecule has 1 N–H and O–H groups in total. The predicted molar refractivity (Wildman–Crippen MR) is 66.4 cm³/mol. The molecule has 3 rings (SSSR count). The lowest BCUT2D eigenvalue weighted by molar-refractivity contribution is -0.131. The van der Waals surface area contributed by atoms with Crippen LogP contribution in [-0.4, -0.2) is 40.1 Å². The number of nitrogens with zero attached hydrogens (tertiary/aromatic N) is 1. The van der Waals surface area contributed by atoms with Crippen LogP contribution in [0.4, 0.5) is 0 Å². The Balaban J connectivity index is 1.72. The average molecular weight is 240 g/mol. The minimum absolute atomic E-state index is 0.136. The first kappa shape index (κ1) is 10.9. The Labute approximate surface area is 101 Å². The van der Waals surface area contributed by atoms with Gasteiger partial charge in [-0.3, -0.25) is 10.1 Å². The van der Waals surface area contributed by atoms with Gasteiger partial charge in [0, 0.05) is 11.3 Å². The first-order valence-electron chi connectivity index (χ1n) is 6.25. The molecule has 1 atom stereocenters. The highest BCUT2D eigenvalue weighted by Gasteiger charge is 2.59. The standard InChI is InChI=1S/C12H20N2OS/c1-9-13-12(6-7-12)10(15)14(9)8-11(16-2)4-3-5-11/h9,13H,3-8H2,1-2H3. The maximum atomic E-state index is 12.3. The highest BCUT2D eigenvalue weighted by atomic mass is 32.2. The van der Waals surface area contributed by atoms with E-state index in [1.54, 1.807) is 0 Å². The summed E-state index contributed by atoms with van der Waals surface area (Å²) >= 11 is 1.95. The van der Waals surface area contributed by atoms with E-state index in [-0.39, 0.29) is 11.7 Å². The van der Waals surface area contributed by atoms with Gasteiger partial charge >= 0.3 is 0 Å². The van der Waals surface area contributed by atoms with Crippen molar-refractivity contribution >= 4 is 17.7 Å². The van der Waals surface area contributed by atoms with Crippen LogP contribution in [0.2, 0.25) is 0 Å². The molecule has 1 aliphatic heterocycles. The molecule has 3 fully saturated rings. The zero-order valence-electron chi connectivity index (χ0n) is 10.1. The van der Waals surface area contributed by atoms with Gasteiger partial charge in [-0.15, -0.1) is 0 Å². The zero-order valence-corrected chi connectivity index (χ0v) is 10.9. The molecule has 0 radical (unpaired) electrons. The van der Waals surface area contributed by atoms with Crippen LogP contribution in [0.15, 0.2) is 0 Å². The Morgan fingerprint density at radius 2 is 2.12 bits per heavy atom. The molecule has 0 aromatic rings. The monoisotopic (exact) mass is 240 g/mol.